The number of hydrogen-bond acceptors (Lipinski definition) is 4. The van der Waals surface area contributed by atoms with Gasteiger partial charge in [-0.1, -0.05) is 0 Å². The maximum absolute atomic E-state index is 11.1. The number of carbonyl (C=O) groups is 1. The molecule has 0 atom stereocenters. The molecule has 0 spiro atoms. The zero-order valence-electron chi connectivity index (χ0n) is 8.07. The molecule has 0 fully saturated rings. The normalized spacial score (nSPS) is 10.1. The molecule has 14 heavy (non-hydrogen) atoms. The van der Waals surface area contributed by atoms with Crippen molar-refractivity contribution >= 4 is 5.78 Å². The Morgan fingerprint density at radius 2 is 2.00 bits per heavy atom. The fourth-order valence-electron chi connectivity index (χ4n) is 1.18. The zero-order chi connectivity index (χ0) is 10.7. The number of hydrogen-bond donors (Lipinski definition) is 2. The molecule has 76 valence electrons. The fraction of sp³-hybridized carbons (Fsp3) is 0.300. The third kappa shape index (κ3) is 2.03. The van der Waals surface area contributed by atoms with Gasteiger partial charge < -0.3 is 14.9 Å². The van der Waals surface area contributed by atoms with Gasteiger partial charge >= 0.3 is 0 Å². The number of carbonyl (C=O) groups excluding carboxylic acids is 1. The predicted molar refractivity (Wildman–Crippen MR) is 50.5 cm³/mol. The molecular weight excluding hydrogens is 184 g/mol. The van der Waals surface area contributed by atoms with Gasteiger partial charge in [0.05, 0.1) is 12.2 Å². The van der Waals surface area contributed by atoms with Gasteiger partial charge in [0.1, 0.15) is 11.5 Å². The van der Waals surface area contributed by atoms with Crippen LogP contribution in [-0.2, 0) is 11.3 Å². The van der Waals surface area contributed by atoms with Crippen LogP contribution in [0.5, 0.6) is 11.5 Å². The van der Waals surface area contributed by atoms with Gasteiger partial charge in [0.25, 0.3) is 0 Å². The van der Waals surface area contributed by atoms with Gasteiger partial charge in [-0.15, -0.1) is 0 Å². The van der Waals surface area contributed by atoms with Gasteiger partial charge in [0, 0.05) is 18.7 Å². The van der Waals surface area contributed by atoms with Crippen molar-refractivity contribution in [1.82, 2.24) is 0 Å². The van der Waals surface area contributed by atoms with Crippen LogP contribution in [0.15, 0.2) is 12.1 Å². The average Bonchev–Trinajstić information content (AvgIpc) is 2.09. The Kier molecular flexibility index (Phi) is 3.09. The van der Waals surface area contributed by atoms with Crippen LogP contribution in [0, 0.1) is 0 Å². The molecule has 1 aromatic rings. The van der Waals surface area contributed by atoms with E-state index in [4.69, 9.17) is 4.74 Å². The summed E-state index contributed by atoms with van der Waals surface area (Å²) in [5, 5.41) is 18.7. The standard InChI is InChI=1S/C10H12O4/c1-6(11)8-3-7(5-14-2)9(12)4-10(8)13/h3-4,12-13H,5H2,1-2H3. The second-order valence-corrected chi connectivity index (χ2v) is 2.99. The Bertz CT molecular complexity index is 357. The molecule has 0 bridgehead atoms. The minimum atomic E-state index is -0.250. The number of rotatable bonds is 3. The number of methoxy groups -OCH3 is 1. The lowest BCUT2D eigenvalue weighted by atomic mass is 10.1. The van der Waals surface area contributed by atoms with Crippen molar-refractivity contribution in [2.45, 2.75) is 13.5 Å². The molecule has 0 amide bonds. The van der Waals surface area contributed by atoms with Crippen molar-refractivity contribution in [3.8, 4) is 11.5 Å². The number of aromatic hydroxyl groups is 2. The molecule has 0 aliphatic rings. The quantitative estimate of drug-likeness (QED) is 0.718. The molecular formula is C10H12O4. The van der Waals surface area contributed by atoms with E-state index in [0.29, 0.717) is 5.56 Å². The largest absolute Gasteiger partial charge is 0.507 e. The van der Waals surface area contributed by atoms with Crippen LogP contribution in [0.2, 0.25) is 0 Å². The molecule has 0 aromatic heterocycles. The summed E-state index contributed by atoms with van der Waals surface area (Å²) >= 11 is 0. The highest BCUT2D eigenvalue weighted by molar-refractivity contribution is 5.97. The Hall–Kier alpha value is -1.55. The van der Waals surface area contributed by atoms with Crippen LogP contribution in [0.25, 0.3) is 0 Å². The van der Waals surface area contributed by atoms with Crippen LogP contribution in [0.1, 0.15) is 22.8 Å². The van der Waals surface area contributed by atoms with E-state index in [-0.39, 0.29) is 29.5 Å². The first-order valence-corrected chi connectivity index (χ1v) is 4.11. The van der Waals surface area contributed by atoms with E-state index in [2.05, 4.69) is 0 Å². The predicted octanol–water partition coefficient (Wildman–Crippen LogP) is 1.45. The van der Waals surface area contributed by atoms with E-state index in [1.54, 1.807) is 0 Å². The first-order valence-electron chi connectivity index (χ1n) is 4.11. The van der Waals surface area contributed by atoms with Crippen LogP contribution in [0.3, 0.4) is 0 Å². The summed E-state index contributed by atoms with van der Waals surface area (Å²) in [5.74, 6) is -0.538. The van der Waals surface area contributed by atoms with E-state index < -0.39 is 0 Å². The van der Waals surface area contributed by atoms with Crippen molar-refractivity contribution < 1.29 is 19.7 Å². The number of ether oxygens (including phenoxy) is 1. The highest BCUT2D eigenvalue weighted by Crippen LogP contribution is 2.28. The summed E-state index contributed by atoms with van der Waals surface area (Å²) in [4.78, 5) is 11.1. The van der Waals surface area contributed by atoms with Crippen LogP contribution >= 0.6 is 0 Å². The van der Waals surface area contributed by atoms with Gasteiger partial charge in [-0.05, 0) is 13.0 Å². The molecule has 0 saturated carbocycles. The lowest BCUT2D eigenvalue weighted by Gasteiger charge is -2.07. The second-order valence-electron chi connectivity index (χ2n) is 2.99. The number of benzene rings is 1. The summed E-state index contributed by atoms with van der Waals surface area (Å²) < 4.78 is 4.83. The van der Waals surface area contributed by atoms with Crippen molar-refractivity contribution in [2.75, 3.05) is 7.11 Å². The van der Waals surface area contributed by atoms with Crippen LogP contribution in [-0.4, -0.2) is 23.1 Å². The van der Waals surface area contributed by atoms with Crippen LogP contribution in [0.4, 0.5) is 0 Å². The topological polar surface area (TPSA) is 66.8 Å². The molecule has 0 saturated heterocycles. The average molecular weight is 196 g/mol. The lowest BCUT2D eigenvalue weighted by molar-refractivity contribution is 0.101. The number of phenolic OH excluding ortho intramolecular Hbond substituents is 2. The smallest absolute Gasteiger partial charge is 0.163 e. The zero-order valence-corrected chi connectivity index (χ0v) is 8.07. The summed E-state index contributed by atoms with van der Waals surface area (Å²) in [7, 11) is 1.49. The van der Waals surface area contributed by atoms with E-state index in [1.165, 1.54) is 20.1 Å². The molecule has 1 aromatic carbocycles. The minimum Gasteiger partial charge on any atom is -0.507 e. The molecule has 0 aliphatic heterocycles. The van der Waals surface area contributed by atoms with Gasteiger partial charge in [-0.3, -0.25) is 4.79 Å². The van der Waals surface area contributed by atoms with Crippen molar-refractivity contribution in [3.05, 3.63) is 23.3 Å². The van der Waals surface area contributed by atoms with Gasteiger partial charge in [-0.25, -0.2) is 0 Å². The SMILES string of the molecule is COCc1cc(C(C)=O)c(O)cc1O. The van der Waals surface area contributed by atoms with E-state index in [0.717, 1.165) is 6.07 Å². The fourth-order valence-corrected chi connectivity index (χ4v) is 1.18. The van der Waals surface area contributed by atoms with Crippen molar-refractivity contribution in [2.24, 2.45) is 0 Å². The van der Waals surface area contributed by atoms with Crippen molar-refractivity contribution in [3.63, 3.8) is 0 Å². The number of ketones is 1. The molecule has 4 nitrogen and oxygen atoms in total. The molecule has 0 heterocycles. The Morgan fingerprint density at radius 3 is 2.50 bits per heavy atom. The first kappa shape index (κ1) is 10.5. The van der Waals surface area contributed by atoms with Crippen LogP contribution < -0.4 is 0 Å². The maximum atomic E-state index is 11.1. The highest BCUT2D eigenvalue weighted by Gasteiger charge is 2.11. The maximum Gasteiger partial charge on any atom is 0.163 e. The van der Waals surface area contributed by atoms with Crippen molar-refractivity contribution in [1.29, 1.82) is 0 Å². The summed E-state index contributed by atoms with van der Waals surface area (Å²) in [6, 6.07) is 2.57. The Morgan fingerprint density at radius 1 is 1.36 bits per heavy atom. The summed E-state index contributed by atoms with van der Waals surface area (Å²) in [6.07, 6.45) is 0. The summed E-state index contributed by atoms with van der Waals surface area (Å²) in [5.41, 5.74) is 0.672. The molecule has 4 heteroatoms. The monoisotopic (exact) mass is 196 g/mol. The third-order valence-electron chi connectivity index (χ3n) is 1.88. The van der Waals surface area contributed by atoms with E-state index in [1.807, 2.05) is 0 Å². The first-order chi connectivity index (χ1) is 6.56. The molecule has 1 rings (SSSR count). The third-order valence-corrected chi connectivity index (χ3v) is 1.88. The minimum absolute atomic E-state index is 0.0747. The Labute approximate surface area is 81.8 Å². The summed E-state index contributed by atoms with van der Waals surface area (Å²) in [6.45, 7) is 1.55. The lowest BCUT2D eigenvalue weighted by Crippen LogP contribution is -1.96. The Balaban J connectivity index is 3.20. The van der Waals surface area contributed by atoms with E-state index in [9.17, 15) is 15.0 Å². The van der Waals surface area contributed by atoms with Gasteiger partial charge in [-0.2, -0.15) is 0 Å². The molecule has 2 N–H and O–H groups in total. The van der Waals surface area contributed by atoms with Gasteiger partial charge in [0.15, 0.2) is 5.78 Å². The second kappa shape index (κ2) is 4.11. The highest BCUT2D eigenvalue weighted by atomic mass is 16.5. The van der Waals surface area contributed by atoms with E-state index >= 15 is 0 Å². The number of phenols is 2. The molecule has 0 radical (unpaired) electrons. The molecule has 0 aliphatic carbocycles. The molecule has 0 unspecified atom stereocenters. The van der Waals surface area contributed by atoms with Gasteiger partial charge in [0.2, 0.25) is 0 Å². The number of Topliss-reactive ketones (excluding diaryl/α,β-unsaturated/α-hetero) is 1.